The van der Waals surface area contributed by atoms with Crippen molar-refractivity contribution in [3.8, 4) is 0 Å². The van der Waals surface area contributed by atoms with Crippen molar-refractivity contribution in [3.05, 3.63) is 12.2 Å². The topological polar surface area (TPSA) is 38.0 Å². The summed E-state index contributed by atoms with van der Waals surface area (Å²) in [6.45, 7) is 3.08. The summed E-state index contributed by atoms with van der Waals surface area (Å²) in [5, 5.41) is 4.44. The minimum Gasteiger partial charge on any atom is -0.329 e. The smallest absolute Gasteiger partial charge is 0.0431 e. The summed E-state index contributed by atoms with van der Waals surface area (Å²) in [5.74, 6) is 1.26. The van der Waals surface area contributed by atoms with E-state index in [4.69, 9.17) is 5.73 Å². The molecule has 0 aromatic rings. The maximum Gasteiger partial charge on any atom is 0.0431 e. The van der Waals surface area contributed by atoms with E-state index in [-0.39, 0.29) is 5.54 Å². The van der Waals surface area contributed by atoms with Crippen LogP contribution >= 0.6 is 11.8 Å². The van der Waals surface area contributed by atoms with Crippen LogP contribution in [0, 0.1) is 0 Å². The molecule has 0 bridgehead atoms. The van der Waals surface area contributed by atoms with Gasteiger partial charge in [-0.3, -0.25) is 0 Å². The molecule has 0 aromatic carbocycles. The first-order valence-corrected chi connectivity index (χ1v) is 6.56. The number of rotatable bonds is 3. The van der Waals surface area contributed by atoms with Gasteiger partial charge in [-0.1, -0.05) is 19.1 Å². The van der Waals surface area contributed by atoms with Crippen molar-refractivity contribution in [2.75, 3.05) is 12.3 Å². The maximum absolute atomic E-state index is 5.94. The van der Waals surface area contributed by atoms with Gasteiger partial charge >= 0.3 is 0 Å². The van der Waals surface area contributed by atoms with Gasteiger partial charge in [0.2, 0.25) is 0 Å². The van der Waals surface area contributed by atoms with Crippen LogP contribution in [0.1, 0.15) is 26.2 Å². The summed E-state index contributed by atoms with van der Waals surface area (Å²) in [5.41, 5.74) is 6.15. The molecule has 1 fully saturated rings. The molecule has 2 atom stereocenters. The maximum atomic E-state index is 5.94. The Labute approximate surface area is 90.7 Å². The van der Waals surface area contributed by atoms with Gasteiger partial charge in [0.1, 0.15) is 0 Å². The number of thioether (sulfide) groups is 1. The fourth-order valence-corrected chi connectivity index (χ4v) is 3.88. The van der Waals surface area contributed by atoms with Crippen molar-refractivity contribution in [2.24, 2.45) is 5.73 Å². The highest BCUT2D eigenvalue weighted by Gasteiger charge is 2.40. The molecule has 2 aliphatic rings. The Morgan fingerprint density at radius 1 is 1.50 bits per heavy atom. The van der Waals surface area contributed by atoms with Crippen molar-refractivity contribution in [3.63, 3.8) is 0 Å². The molecule has 2 nitrogen and oxygen atoms in total. The summed E-state index contributed by atoms with van der Waals surface area (Å²) in [6.07, 6.45) is 8.13. The molecule has 3 N–H and O–H groups in total. The highest BCUT2D eigenvalue weighted by molar-refractivity contribution is 8.00. The van der Waals surface area contributed by atoms with Gasteiger partial charge in [-0.25, -0.2) is 0 Å². The molecule has 1 saturated heterocycles. The average Bonchev–Trinajstić information content (AvgIpc) is 2.79. The van der Waals surface area contributed by atoms with Crippen molar-refractivity contribution < 1.29 is 0 Å². The number of hydrogen-bond acceptors (Lipinski definition) is 3. The van der Waals surface area contributed by atoms with Crippen LogP contribution in [-0.2, 0) is 0 Å². The number of hydrogen-bond donors (Lipinski definition) is 2. The molecule has 0 spiro atoms. The van der Waals surface area contributed by atoms with E-state index in [1.54, 1.807) is 0 Å². The molecule has 1 aliphatic carbocycles. The lowest BCUT2D eigenvalue weighted by atomic mass is 9.91. The molecule has 0 amide bonds. The van der Waals surface area contributed by atoms with Gasteiger partial charge in [0.05, 0.1) is 0 Å². The summed E-state index contributed by atoms with van der Waals surface area (Å²) in [4.78, 5) is 0. The van der Waals surface area contributed by atoms with Crippen molar-refractivity contribution >= 4 is 11.8 Å². The van der Waals surface area contributed by atoms with Gasteiger partial charge in [0.15, 0.2) is 0 Å². The molecule has 3 heteroatoms. The zero-order chi connectivity index (χ0) is 10.0. The predicted octanol–water partition coefficient (Wildman–Crippen LogP) is 1.52. The highest BCUT2D eigenvalue weighted by atomic mass is 32.2. The first-order chi connectivity index (χ1) is 6.77. The summed E-state index contributed by atoms with van der Waals surface area (Å²) in [7, 11) is 0. The predicted molar refractivity (Wildman–Crippen MR) is 63.6 cm³/mol. The fourth-order valence-electron chi connectivity index (χ4n) is 2.44. The third-order valence-electron chi connectivity index (χ3n) is 3.56. The van der Waals surface area contributed by atoms with Gasteiger partial charge in [-0.15, -0.1) is 0 Å². The van der Waals surface area contributed by atoms with E-state index in [9.17, 15) is 0 Å². The van der Waals surface area contributed by atoms with Gasteiger partial charge in [0.25, 0.3) is 0 Å². The van der Waals surface area contributed by atoms with Crippen molar-refractivity contribution in [1.29, 1.82) is 0 Å². The summed E-state index contributed by atoms with van der Waals surface area (Å²) < 4.78 is 0. The minimum atomic E-state index is 0.210. The Morgan fingerprint density at radius 3 is 2.71 bits per heavy atom. The Kier molecular flexibility index (Phi) is 3.20. The normalized spacial score (nSPS) is 38.3. The van der Waals surface area contributed by atoms with Gasteiger partial charge in [0, 0.05) is 23.4 Å². The summed E-state index contributed by atoms with van der Waals surface area (Å²) in [6, 6.07) is 0.639. The first kappa shape index (κ1) is 10.5. The molecule has 2 unspecified atom stereocenters. The standard InChI is InChI=1S/C11H20N2S/c1-9-11(8-12,6-7-14-9)13-10-4-2-3-5-10/h2-3,9-10,13H,4-8,12H2,1H3. The van der Waals surface area contributed by atoms with E-state index in [0.717, 1.165) is 6.54 Å². The molecule has 0 saturated carbocycles. The van der Waals surface area contributed by atoms with E-state index >= 15 is 0 Å². The molecule has 1 aliphatic heterocycles. The first-order valence-electron chi connectivity index (χ1n) is 5.51. The Bertz CT molecular complexity index is 221. The molecule has 2 rings (SSSR count). The quantitative estimate of drug-likeness (QED) is 0.697. The monoisotopic (exact) mass is 212 g/mol. The molecule has 0 aromatic heterocycles. The van der Waals surface area contributed by atoms with Crippen LogP contribution in [0.4, 0.5) is 0 Å². The van der Waals surface area contributed by atoms with Crippen LogP contribution in [-0.4, -0.2) is 29.1 Å². The van der Waals surface area contributed by atoms with Crippen LogP contribution in [0.5, 0.6) is 0 Å². The number of nitrogens with two attached hydrogens (primary N) is 1. The minimum absolute atomic E-state index is 0.210. The van der Waals surface area contributed by atoms with Crippen LogP contribution in [0.15, 0.2) is 12.2 Å². The van der Waals surface area contributed by atoms with Crippen LogP contribution in [0.2, 0.25) is 0 Å². The zero-order valence-electron chi connectivity index (χ0n) is 8.83. The van der Waals surface area contributed by atoms with Gasteiger partial charge in [-0.05, 0) is 25.0 Å². The molecule has 14 heavy (non-hydrogen) atoms. The SMILES string of the molecule is CC1SCCC1(CN)NC1CC=CC1. The third-order valence-corrected chi connectivity index (χ3v) is 4.95. The molecule has 1 heterocycles. The largest absolute Gasteiger partial charge is 0.329 e. The molecular weight excluding hydrogens is 192 g/mol. The van der Waals surface area contributed by atoms with Crippen molar-refractivity contribution in [2.45, 2.75) is 43.0 Å². The van der Waals surface area contributed by atoms with E-state index in [0.29, 0.717) is 11.3 Å². The lowest BCUT2D eigenvalue weighted by Gasteiger charge is -2.36. The fraction of sp³-hybridized carbons (Fsp3) is 0.818. The second-order valence-corrected chi connectivity index (χ2v) is 5.86. The second kappa shape index (κ2) is 4.25. The third kappa shape index (κ3) is 1.86. The van der Waals surface area contributed by atoms with Crippen LogP contribution in [0.25, 0.3) is 0 Å². The lowest BCUT2D eigenvalue weighted by molar-refractivity contribution is 0.295. The molecular formula is C11H20N2S. The van der Waals surface area contributed by atoms with Gasteiger partial charge in [-0.2, -0.15) is 11.8 Å². The number of nitrogens with one attached hydrogen (secondary N) is 1. The second-order valence-electron chi connectivity index (χ2n) is 4.41. The van der Waals surface area contributed by atoms with E-state index in [1.165, 1.54) is 25.0 Å². The Hall–Kier alpha value is 0.0100. The van der Waals surface area contributed by atoms with E-state index < -0.39 is 0 Å². The Balaban J connectivity index is 1.97. The van der Waals surface area contributed by atoms with E-state index in [2.05, 4.69) is 24.4 Å². The van der Waals surface area contributed by atoms with Crippen LogP contribution < -0.4 is 11.1 Å². The molecule has 0 radical (unpaired) electrons. The van der Waals surface area contributed by atoms with E-state index in [1.807, 2.05) is 11.8 Å². The lowest BCUT2D eigenvalue weighted by Crippen LogP contribution is -2.58. The molecule has 80 valence electrons. The zero-order valence-corrected chi connectivity index (χ0v) is 9.65. The van der Waals surface area contributed by atoms with Crippen molar-refractivity contribution in [1.82, 2.24) is 5.32 Å². The van der Waals surface area contributed by atoms with Gasteiger partial charge < -0.3 is 11.1 Å². The highest BCUT2D eigenvalue weighted by Crippen LogP contribution is 2.36. The average molecular weight is 212 g/mol. The Morgan fingerprint density at radius 2 is 2.21 bits per heavy atom. The van der Waals surface area contributed by atoms with Crippen LogP contribution in [0.3, 0.4) is 0 Å². The summed E-state index contributed by atoms with van der Waals surface area (Å²) >= 11 is 2.05.